The molecule has 2 atom stereocenters. The number of aromatic carboxylic acids is 1. The summed E-state index contributed by atoms with van der Waals surface area (Å²) in [6.07, 6.45) is 4.74. The molecule has 156 valence electrons. The number of allylic oxidation sites excluding steroid dienone is 1. The van der Waals surface area contributed by atoms with E-state index in [0.29, 0.717) is 6.42 Å². The molecule has 0 unspecified atom stereocenters. The van der Waals surface area contributed by atoms with E-state index in [1.165, 1.54) is 0 Å². The highest BCUT2D eigenvalue weighted by Gasteiger charge is 2.53. The van der Waals surface area contributed by atoms with Crippen molar-refractivity contribution >= 4 is 11.8 Å². The first-order valence-electron chi connectivity index (χ1n) is 10.6. The van der Waals surface area contributed by atoms with Gasteiger partial charge in [0, 0.05) is 0 Å². The van der Waals surface area contributed by atoms with Gasteiger partial charge in [-0.3, -0.25) is 4.79 Å². The second-order valence-electron chi connectivity index (χ2n) is 8.35. The lowest BCUT2D eigenvalue weighted by molar-refractivity contribution is -0.131. The third-order valence-electron chi connectivity index (χ3n) is 6.69. The van der Waals surface area contributed by atoms with Gasteiger partial charge in [-0.25, -0.2) is 4.79 Å². The summed E-state index contributed by atoms with van der Waals surface area (Å²) in [6, 6.07) is 26.8. The van der Waals surface area contributed by atoms with Gasteiger partial charge in [0.15, 0.2) is 5.78 Å². The molecule has 0 heterocycles. The third-order valence-corrected chi connectivity index (χ3v) is 6.69. The maximum atomic E-state index is 14.4. The molecule has 0 aromatic heterocycles. The molecule has 4 rings (SSSR count). The van der Waals surface area contributed by atoms with E-state index in [1.807, 2.05) is 78.9 Å². The van der Waals surface area contributed by atoms with Crippen LogP contribution in [0.4, 0.5) is 0 Å². The van der Waals surface area contributed by atoms with Crippen molar-refractivity contribution in [3.63, 3.8) is 0 Å². The molecule has 0 amide bonds. The van der Waals surface area contributed by atoms with Gasteiger partial charge in [0.05, 0.1) is 16.4 Å². The third kappa shape index (κ3) is 3.61. The largest absolute Gasteiger partial charge is 0.478 e. The fourth-order valence-electron chi connectivity index (χ4n) is 5.06. The zero-order chi connectivity index (χ0) is 21.9. The number of carbonyl (C=O) groups excluding carboxylic acids is 1. The molecule has 3 nitrogen and oxygen atoms in total. The van der Waals surface area contributed by atoms with Crippen molar-refractivity contribution in [1.29, 1.82) is 0 Å². The molecular formula is C28H26O3. The number of carbonyl (C=O) groups is 2. The van der Waals surface area contributed by atoms with Gasteiger partial charge in [-0.1, -0.05) is 85.3 Å². The molecule has 3 heteroatoms. The molecule has 1 aliphatic carbocycles. The van der Waals surface area contributed by atoms with Crippen LogP contribution >= 0.6 is 0 Å². The van der Waals surface area contributed by atoms with Crippen LogP contribution in [0.2, 0.25) is 0 Å². The minimum atomic E-state index is -0.951. The van der Waals surface area contributed by atoms with Gasteiger partial charge in [-0.15, -0.1) is 6.58 Å². The van der Waals surface area contributed by atoms with Gasteiger partial charge in [0.1, 0.15) is 0 Å². The summed E-state index contributed by atoms with van der Waals surface area (Å²) >= 11 is 0. The molecule has 1 fully saturated rings. The second kappa shape index (κ2) is 8.35. The fourth-order valence-corrected chi connectivity index (χ4v) is 5.06. The van der Waals surface area contributed by atoms with Crippen LogP contribution in [0, 0.1) is 0 Å². The number of carboxylic acids is 1. The first kappa shape index (κ1) is 20.8. The van der Waals surface area contributed by atoms with Gasteiger partial charge >= 0.3 is 5.97 Å². The summed E-state index contributed by atoms with van der Waals surface area (Å²) < 4.78 is 0. The number of ketones is 1. The second-order valence-corrected chi connectivity index (χ2v) is 8.35. The Morgan fingerprint density at radius 3 is 2.00 bits per heavy atom. The Labute approximate surface area is 183 Å². The lowest BCUT2D eigenvalue weighted by Crippen LogP contribution is -2.53. The van der Waals surface area contributed by atoms with Crippen LogP contribution in [-0.2, 0) is 22.0 Å². The number of carboxylic acid groups (broad SMARTS) is 1. The summed E-state index contributed by atoms with van der Waals surface area (Å²) in [7, 11) is 0. The number of hydrogen-bond donors (Lipinski definition) is 1. The van der Waals surface area contributed by atoms with Crippen molar-refractivity contribution in [3.05, 3.63) is 120 Å². The molecule has 31 heavy (non-hydrogen) atoms. The first-order valence-corrected chi connectivity index (χ1v) is 10.6. The van der Waals surface area contributed by atoms with Crippen molar-refractivity contribution in [2.45, 2.75) is 36.5 Å². The summed E-state index contributed by atoms with van der Waals surface area (Å²) in [5.41, 5.74) is 1.75. The highest BCUT2D eigenvalue weighted by atomic mass is 16.4. The minimum absolute atomic E-state index is 0.168. The molecule has 0 aliphatic heterocycles. The molecule has 0 saturated heterocycles. The van der Waals surface area contributed by atoms with E-state index in [1.54, 1.807) is 12.1 Å². The zero-order valence-electron chi connectivity index (χ0n) is 17.5. The zero-order valence-corrected chi connectivity index (χ0v) is 17.5. The lowest BCUT2D eigenvalue weighted by Gasteiger charge is -2.46. The number of Topliss-reactive ketones (excluding diaryl/α,β-unsaturated/α-hetero) is 1. The van der Waals surface area contributed by atoms with Crippen molar-refractivity contribution < 1.29 is 14.7 Å². The van der Waals surface area contributed by atoms with Crippen LogP contribution in [0.1, 0.15) is 46.3 Å². The first-order chi connectivity index (χ1) is 15.0. The highest BCUT2D eigenvalue weighted by Crippen LogP contribution is 2.49. The molecule has 1 aliphatic rings. The van der Waals surface area contributed by atoms with E-state index in [0.717, 1.165) is 36.0 Å². The maximum Gasteiger partial charge on any atom is 0.335 e. The molecule has 0 spiro atoms. The van der Waals surface area contributed by atoms with Crippen LogP contribution in [0.25, 0.3) is 0 Å². The molecule has 0 bridgehead atoms. The van der Waals surface area contributed by atoms with E-state index in [-0.39, 0.29) is 11.3 Å². The number of benzene rings is 3. The average Bonchev–Trinajstić information content (AvgIpc) is 2.82. The van der Waals surface area contributed by atoms with E-state index >= 15 is 0 Å². The highest BCUT2D eigenvalue weighted by molar-refractivity contribution is 6.01. The Morgan fingerprint density at radius 1 is 0.871 bits per heavy atom. The normalized spacial score (nSPS) is 23.3. The number of hydrogen-bond acceptors (Lipinski definition) is 2. The summed E-state index contributed by atoms with van der Waals surface area (Å²) in [5.74, 6) is -0.784. The van der Waals surface area contributed by atoms with Gasteiger partial charge in [0.2, 0.25) is 0 Å². The van der Waals surface area contributed by atoms with Crippen molar-refractivity contribution in [2.75, 3.05) is 0 Å². The van der Waals surface area contributed by atoms with Crippen LogP contribution < -0.4 is 0 Å². The van der Waals surface area contributed by atoms with Crippen LogP contribution in [0.15, 0.2) is 97.6 Å². The van der Waals surface area contributed by atoms with Crippen molar-refractivity contribution in [1.82, 2.24) is 0 Å². The smallest absolute Gasteiger partial charge is 0.335 e. The van der Waals surface area contributed by atoms with E-state index < -0.39 is 16.8 Å². The predicted molar refractivity (Wildman–Crippen MR) is 122 cm³/mol. The summed E-state index contributed by atoms with van der Waals surface area (Å²) in [6.45, 7) is 4.09. The van der Waals surface area contributed by atoms with Gasteiger partial charge < -0.3 is 5.11 Å². The summed E-state index contributed by atoms with van der Waals surface area (Å²) in [4.78, 5) is 25.7. The molecule has 1 saturated carbocycles. The number of rotatable bonds is 6. The Kier molecular flexibility index (Phi) is 5.60. The van der Waals surface area contributed by atoms with Gasteiger partial charge in [-0.2, -0.15) is 0 Å². The summed E-state index contributed by atoms with van der Waals surface area (Å²) in [5, 5.41) is 9.23. The topological polar surface area (TPSA) is 54.4 Å². The predicted octanol–water partition coefficient (Wildman–Crippen LogP) is 5.74. The van der Waals surface area contributed by atoms with E-state index in [9.17, 15) is 14.7 Å². The average molecular weight is 411 g/mol. The quantitative estimate of drug-likeness (QED) is 0.527. The molecule has 3 aromatic carbocycles. The van der Waals surface area contributed by atoms with E-state index in [4.69, 9.17) is 0 Å². The Morgan fingerprint density at radius 2 is 1.45 bits per heavy atom. The van der Waals surface area contributed by atoms with Gasteiger partial charge in [-0.05, 0) is 48.1 Å². The SMILES string of the molecule is C=C[C@]1(c2ccccc2)CCC[C@@](Cc2ccc(C(=O)O)cc2)(c2ccccc2)C1=O. The lowest BCUT2D eigenvalue weighted by atomic mass is 9.55. The van der Waals surface area contributed by atoms with Crippen LogP contribution in [0.5, 0.6) is 0 Å². The Balaban J connectivity index is 1.84. The monoisotopic (exact) mass is 410 g/mol. The molecular weight excluding hydrogens is 384 g/mol. The fraction of sp³-hybridized carbons (Fsp3) is 0.214. The van der Waals surface area contributed by atoms with Crippen molar-refractivity contribution in [3.8, 4) is 0 Å². The Bertz CT molecular complexity index is 1090. The minimum Gasteiger partial charge on any atom is -0.478 e. The van der Waals surface area contributed by atoms with Crippen molar-refractivity contribution in [2.24, 2.45) is 0 Å². The molecule has 3 aromatic rings. The maximum absolute atomic E-state index is 14.4. The Hall–Kier alpha value is -3.46. The van der Waals surface area contributed by atoms with Crippen LogP contribution in [0.3, 0.4) is 0 Å². The van der Waals surface area contributed by atoms with Gasteiger partial charge in [0.25, 0.3) is 0 Å². The molecule has 0 radical (unpaired) electrons. The molecule has 1 N–H and O–H groups in total. The standard InChI is InChI=1S/C28H26O3/c1-2-27(23-10-5-3-6-11-23)18-9-19-28(26(27)31,24-12-7-4-8-13-24)20-21-14-16-22(17-15-21)25(29)30/h2-8,10-17H,1,9,18-20H2,(H,29,30)/t27-,28-/m1/s1. The van der Waals surface area contributed by atoms with E-state index in [2.05, 4.69) is 6.58 Å². The van der Waals surface area contributed by atoms with Crippen LogP contribution in [-0.4, -0.2) is 16.9 Å².